The molecule has 0 aromatic carbocycles. The molecule has 2 unspecified atom stereocenters. The number of nitrogens with two attached hydrogens (primary N) is 1. The standard InChI is InChI=1S/C14H25N5O/c1-5-6-12-16-13(18-15)9(2)14(17-12)19(4)11-7-8-20-10(11)3/h10-11H,5-8,15H2,1-4H3,(H,16,17,18). The maximum atomic E-state index is 5.66. The molecule has 6 heteroatoms. The molecule has 0 amide bonds. The lowest BCUT2D eigenvalue weighted by Gasteiger charge is -2.29. The zero-order valence-electron chi connectivity index (χ0n) is 12.8. The average molecular weight is 279 g/mol. The van der Waals surface area contributed by atoms with Crippen LogP contribution in [0.4, 0.5) is 11.6 Å². The summed E-state index contributed by atoms with van der Waals surface area (Å²) in [4.78, 5) is 11.4. The summed E-state index contributed by atoms with van der Waals surface area (Å²) in [6.45, 7) is 7.04. The molecule has 1 saturated heterocycles. The first-order chi connectivity index (χ1) is 9.58. The van der Waals surface area contributed by atoms with Gasteiger partial charge >= 0.3 is 0 Å². The van der Waals surface area contributed by atoms with Crippen LogP contribution in [0.25, 0.3) is 0 Å². The van der Waals surface area contributed by atoms with Gasteiger partial charge in [0.2, 0.25) is 0 Å². The molecule has 0 bridgehead atoms. The lowest BCUT2D eigenvalue weighted by Crippen LogP contribution is -2.38. The maximum absolute atomic E-state index is 5.66. The van der Waals surface area contributed by atoms with Crippen molar-refractivity contribution in [2.75, 3.05) is 24.0 Å². The van der Waals surface area contributed by atoms with E-state index in [4.69, 9.17) is 15.6 Å². The number of hydrazine groups is 1. The van der Waals surface area contributed by atoms with Gasteiger partial charge < -0.3 is 15.1 Å². The van der Waals surface area contributed by atoms with Gasteiger partial charge in [0.05, 0.1) is 12.1 Å². The fourth-order valence-electron chi connectivity index (χ4n) is 2.76. The van der Waals surface area contributed by atoms with E-state index in [9.17, 15) is 0 Å². The van der Waals surface area contributed by atoms with Crippen LogP contribution in [0, 0.1) is 6.92 Å². The van der Waals surface area contributed by atoms with E-state index in [1.54, 1.807) is 0 Å². The van der Waals surface area contributed by atoms with Gasteiger partial charge in [-0.1, -0.05) is 6.92 Å². The van der Waals surface area contributed by atoms with Gasteiger partial charge in [0.1, 0.15) is 17.5 Å². The molecule has 2 rings (SSSR count). The molecule has 0 saturated carbocycles. The molecule has 0 aliphatic carbocycles. The SMILES string of the molecule is CCCc1nc(NN)c(C)c(N(C)C2CCOC2C)n1. The van der Waals surface area contributed by atoms with E-state index in [0.29, 0.717) is 11.9 Å². The molecule has 20 heavy (non-hydrogen) atoms. The maximum Gasteiger partial charge on any atom is 0.148 e. The van der Waals surface area contributed by atoms with Crippen LogP contribution in [0.3, 0.4) is 0 Å². The Labute approximate surface area is 120 Å². The smallest absolute Gasteiger partial charge is 0.148 e. The van der Waals surface area contributed by atoms with Crippen LogP contribution in [0.2, 0.25) is 0 Å². The van der Waals surface area contributed by atoms with Crippen molar-refractivity contribution in [1.29, 1.82) is 0 Å². The summed E-state index contributed by atoms with van der Waals surface area (Å²) in [5, 5.41) is 0. The Morgan fingerprint density at radius 2 is 2.20 bits per heavy atom. The topological polar surface area (TPSA) is 76.3 Å². The minimum atomic E-state index is 0.221. The van der Waals surface area contributed by atoms with Crippen LogP contribution >= 0.6 is 0 Å². The molecule has 0 spiro atoms. The van der Waals surface area contributed by atoms with Gasteiger partial charge in [-0.15, -0.1) is 0 Å². The number of anilines is 2. The predicted octanol–water partition coefficient (Wildman–Crippen LogP) is 1.64. The lowest BCUT2D eigenvalue weighted by molar-refractivity contribution is 0.118. The van der Waals surface area contributed by atoms with E-state index in [2.05, 4.69) is 36.2 Å². The van der Waals surface area contributed by atoms with E-state index in [0.717, 1.165) is 43.1 Å². The van der Waals surface area contributed by atoms with Crippen molar-refractivity contribution in [2.24, 2.45) is 5.84 Å². The van der Waals surface area contributed by atoms with Crippen LogP contribution in [-0.2, 0) is 11.2 Å². The predicted molar refractivity (Wildman–Crippen MR) is 80.8 cm³/mol. The Hall–Kier alpha value is -1.40. The first kappa shape index (κ1) is 15.0. The Kier molecular flexibility index (Phi) is 4.77. The second-order valence-corrected chi connectivity index (χ2v) is 5.37. The van der Waals surface area contributed by atoms with Crippen LogP contribution in [0.15, 0.2) is 0 Å². The molecule has 0 radical (unpaired) electrons. The summed E-state index contributed by atoms with van der Waals surface area (Å²) in [5.74, 6) is 8.06. The van der Waals surface area contributed by atoms with Crippen molar-refractivity contribution in [3.63, 3.8) is 0 Å². The van der Waals surface area contributed by atoms with E-state index in [1.165, 1.54) is 0 Å². The fourth-order valence-corrected chi connectivity index (χ4v) is 2.76. The molecule has 1 aliphatic heterocycles. The second kappa shape index (κ2) is 6.37. The number of hydrogen-bond acceptors (Lipinski definition) is 6. The summed E-state index contributed by atoms with van der Waals surface area (Å²) >= 11 is 0. The number of nitrogen functional groups attached to an aromatic ring is 1. The summed E-state index contributed by atoms with van der Waals surface area (Å²) in [5.41, 5.74) is 3.66. The second-order valence-electron chi connectivity index (χ2n) is 5.37. The number of likely N-dealkylation sites (N-methyl/N-ethyl adjacent to an activating group) is 1. The minimum absolute atomic E-state index is 0.221. The molecule has 2 atom stereocenters. The quantitative estimate of drug-likeness (QED) is 0.630. The van der Waals surface area contributed by atoms with Crippen molar-refractivity contribution < 1.29 is 4.74 Å². The van der Waals surface area contributed by atoms with Gasteiger partial charge in [0.25, 0.3) is 0 Å². The Balaban J connectivity index is 2.35. The van der Waals surface area contributed by atoms with Gasteiger partial charge in [-0.25, -0.2) is 15.8 Å². The van der Waals surface area contributed by atoms with Crippen molar-refractivity contribution in [1.82, 2.24) is 9.97 Å². The molecular weight excluding hydrogens is 254 g/mol. The van der Waals surface area contributed by atoms with Crippen molar-refractivity contribution in [3.05, 3.63) is 11.4 Å². The third-order valence-corrected chi connectivity index (χ3v) is 3.94. The number of aryl methyl sites for hydroxylation is 1. The zero-order valence-corrected chi connectivity index (χ0v) is 12.8. The largest absolute Gasteiger partial charge is 0.376 e. The number of nitrogens with zero attached hydrogens (tertiary/aromatic N) is 3. The number of aromatic nitrogens is 2. The fraction of sp³-hybridized carbons (Fsp3) is 0.714. The van der Waals surface area contributed by atoms with E-state index in [1.807, 2.05) is 6.92 Å². The van der Waals surface area contributed by atoms with Crippen molar-refractivity contribution >= 4 is 11.6 Å². The minimum Gasteiger partial charge on any atom is -0.376 e. The van der Waals surface area contributed by atoms with Gasteiger partial charge in [0, 0.05) is 25.6 Å². The highest BCUT2D eigenvalue weighted by atomic mass is 16.5. The summed E-state index contributed by atoms with van der Waals surface area (Å²) in [6.07, 6.45) is 3.11. The Morgan fingerprint density at radius 1 is 1.45 bits per heavy atom. The molecule has 6 nitrogen and oxygen atoms in total. The van der Waals surface area contributed by atoms with E-state index < -0.39 is 0 Å². The molecule has 1 aromatic rings. The first-order valence-corrected chi connectivity index (χ1v) is 7.27. The summed E-state index contributed by atoms with van der Waals surface area (Å²) < 4.78 is 5.66. The molecule has 1 aliphatic rings. The van der Waals surface area contributed by atoms with Gasteiger partial charge in [-0.3, -0.25) is 0 Å². The average Bonchev–Trinajstić information content (AvgIpc) is 2.86. The van der Waals surface area contributed by atoms with E-state index >= 15 is 0 Å². The number of rotatable bonds is 5. The third-order valence-electron chi connectivity index (χ3n) is 3.94. The highest BCUT2D eigenvalue weighted by Gasteiger charge is 2.30. The Bertz CT molecular complexity index is 465. The monoisotopic (exact) mass is 279 g/mol. The molecule has 3 N–H and O–H groups in total. The summed E-state index contributed by atoms with van der Waals surface area (Å²) in [6, 6.07) is 0.351. The van der Waals surface area contributed by atoms with Crippen LogP contribution in [0.1, 0.15) is 38.1 Å². The molecule has 1 aromatic heterocycles. The van der Waals surface area contributed by atoms with Crippen LogP contribution in [-0.4, -0.2) is 35.8 Å². The van der Waals surface area contributed by atoms with Gasteiger partial charge in [-0.05, 0) is 26.7 Å². The van der Waals surface area contributed by atoms with Gasteiger partial charge in [0.15, 0.2) is 0 Å². The van der Waals surface area contributed by atoms with Crippen LogP contribution < -0.4 is 16.2 Å². The molecule has 1 fully saturated rings. The number of nitrogens with one attached hydrogen (secondary N) is 1. The lowest BCUT2D eigenvalue weighted by atomic mass is 10.1. The third kappa shape index (κ3) is 2.86. The van der Waals surface area contributed by atoms with Crippen LogP contribution in [0.5, 0.6) is 0 Å². The molecule has 112 valence electrons. The normalized spacial score (nSPS) is 22.1. The summed E-state index contributed by atoms with van der Waals surface area (Å²) in [7, 11) is 2.07. The molecular formula is C14H25N5O. The van der Waals surface area contributed by atoms with Crippen molar-refractivity contribution in [2.45, 2.75) is 52.2 Å². The highest BCUT2D eigenvalue weighted by Crippen LogP contribution is 2.28. The molecule has 2 heterocycles. The zero-order chi connectivity index (χ0) is 14.7. The van der Waals surface area contributed by atoms with E-state index in [-0.39, 0.29) is 6.10 Å². The van der Waals surface area contributed by atoms with Gasteiger partial charge in [-0.2, -0.15) is 0 Å². The Morgan fingerprint density at radius 3 is 2.75 bits per heavy atom. The van der Waals surface area contributed by atoms with Crippen molar-refractivity contribution in [3.8, 4) is 0 Å². The number of ether oxygens (including phenoxy) is 1. The number of hydrogen-bond donors (Lipinski definition) is 2. The first-order valence-electron chi connectivity index (χ1n) is 7.27. The highest BCUT2D eigenvalue weighted by molar-refractivity contribution is 5.58.